The van der Waals surface area contributed by atoms with Crippen LogP contribution in [-0.2, 0) is 10.0 Å². The Labute approximate surface area is 189 Å². The number of amides is 2. The van der Waals surface area contributed by atoms with Crippen LogP contribution in [0.15, 0.2) is 47.4 Å². The highest BCUT2D eigenvalue weighted by Crippen LogP contribution is 2.19. The molecule has 0 bridgehead atoms. The fourth-order valence-corrected chi connectivity index (χ4v) is 4.96. The summed E-state index contributed by atoms with van der Waals surface area (Å²) < 4.78 is 32.8. The number of hydrogen-bond donors (Lipinski definition) is 1. The second kappa shape index (κ2) is 10.1. The Bertz CT molecular complexity index is 1080. The highest BCUT2D eigenvalue weighted by atomic mass is 32.2. The molecule has 9 heteroatoms. The van der Waals surface area contributed by atoms with Crippen molar-refractivity contribution >= 4 is 21.8 Å². The number of rotatable bonds is 7. The molecule has 0 spiro atoms. The maximum absolute atomic E-state index is 12.8. The highest BCUT2D eigenvalue weighted by Gasteiger charge is 2.30. The van der Waals surface area contributed by atoms with Gasteiger partial charge in [-0.2, -0.15) is 4.31 Å². The molecule has 3 rings (SSSR count). The SMILES string of the molecule is CC(=O)c1ccc(S(=O)(=O)N2CCN(C(=O)NCCOc3ccc(C)cc3C)CC2)cc1. The van der Waals surface area contributed by atoms with E-state index >= 15 is 0 Å². The number of nitrogens with one attached hydrogen (secondary N) is 1. The van der Waals surface area contributed by atoms with Gasteiger partial charge in [-0.3, -0.25) is 4.79 Å². The topological polar surface area (TPSA) is 96.0 Å². The molecule has 0 atom stereocenters. The van der Waals surface area contributed by atoms with Gasteiger partial charge in [-0.1, -0.05) is 29.8 Å². The third kappa shape index (κ3) is 5.66. The lowest BCUT2D eigenvalue weighted by Crippen LogP contribution is -2.53. The molecular formula is C23H29N3O5S. The number of sulfonamides is 1. The van der Waals surface area contributed by atoms with E-state index in [0.29, 0.717) is 31.8 Å². The molecule has 1 aliphatic heterocycles. The zero-order chi connectivity index (χ0) is 23.3. The number of aryl methyl sites for hydroxylation is 2. The fraction of sp³-hybridized carbons (Fsp3) is 0.391. The first-order chi connectivity index (χ1) is 15.2. The van der Waals surface area contributed by atoms with Crippen LogP contribution in [0.4, 0.5) is 4.79 Å². The van der Waals surface area contributed by atoms with E-state index in [9.17, 15) is 18.0 Å². The van der Waals surface area contributed by atoms with Crippen molar-refractivity contribution < 1.29 is 22.7 Å². The Kier molecular flexibility index (Phi) is 7.52. The average molecular weight is 460 g/mol. The lowest BCUT2D eigenvalue weighted by Gasteiger charge is -2.34. The van der Waals surface area contributed by atoms with Crippen molar-refractivity contribution in [1.29, 1.82) is 0 Å². The molecule has 1 N–H and O–H groups in total. The molecule has 2 aromatic rings. The van der Waals surface area contributed by atoms with Crippen LogP contribution in [0.2, 0.25) is 0 Å². The standard InChI is InChI=1S/C23H29N3O5S/c1-17-4-9-22(18(2)16-17)31-15-10-24-23(28)25-11-13-26(14-12-25)32(29,30)21-7-5-20(6-8-21)19(3)27/h4-9,16H,10-15H2,1-3H3,(H,24,28). The minimum absolute atomic E-state index is 0.118. The summed E-state index contributed by atoms with van der Waals surface area (Å²) in [6.07, 6.45) is 0. The van der Waals surface area contributed by atoms with Gasteiger partial charge in [0.05, 0.1) is 11.4 Å². The van der Waals surface area contributed by atoms with E-state index in [1.807, 2.05) is 32.0 Å². The van der Waals surface area contributed by atoms with Crippen LogP contribution < -0.4 is 10.1 Å². The zero-order valence-electron chi connectivity index (χ0n) is 18.6. The van der Waals surface area contributed by atoms with Crippen LogP contribution >= 0.6 is 0 Å². The molecule has 1 saturated heterocycles. The van der Waals surface area contributed by atoms with Gasteiger partial charge < -0.3 is 15.0 Å². The molecule has 1 fully saturated rings. The average Bonchev–Trinajstić information content (AvgIpc) is 2.78. The van der Waals surface area contributed by atoms with Gasteiger partial charge in [-0.15, -0.1) is 0 Å². The summed E-state index contributed by atoms with van der Waals surface area (Å²) in [4.78, 5) is 25.5. The zero-order valence-corrected chi connectivity index (χ0v) is 19.4. The second-order valence-corrected chi connectivity index (χ2v) is 9.76. The number of Topliss-reactive ketones (excluding diaryl/α,β-unsaturated/α-hetero) is 1. The summed E-state index contributed by atoms with van der Waals surface area (Å²) >= 11 is 0. The van der Waals surface area contributed by atoms with Gasteiger partial charge in [0.1, 0.15) is 12.4 Å². The molecule has 8 nitrogen and oxygen atoms in total. The van der Waals surface area contributed by atoms with Gasteiger partial charge in [0.2, 0.25) is 10.0 Å². The molecule has 0 aliphatic carbocycles. The van der Waals surface area contributed by atoms with E-state index in [1.54, 1.807) is 4.90 Å². The van der Waals surface area contributed by atoms with Crippen LogP contribution in [0, 0.1) is 13.8 Å². The first kappa shape index (κ1) is 23.7. The van der Waals surface area contributed by atoms with Crippen molar-refractivity contribution in [2.45, 2.75) is 25.7 Å². The van der Waals surface area contributed by atoms with E-state index in [2.05, 4.69) is 5.32 Å². The largest absolute Gasteiger partial charge is 0.491 e. The van der Waals surface area contributed by atoms with Gasteiger partial charge in [-0.05, 0) is 44.5 Å². The number of ether oxygens (including phenoxy) is 1. The van der Waals surface area contributed by atoms with Crippen LogP contribution in [0.25, 0.3) is 0 Å². The molecule has 2 amide bonds. The highest BCUT2D eigenvalue weighted by molar-refractivity contribution is 7.89. The van der Waals surface area contributed by atoms with Gasteiger partial charge in [0, 0.05) is 31.7 Å². The van der Waals surface area contributed by atoms with Crippen LogP contribution in [0.5, 0.6) is 5.75 Å². The van der Waals surface area contributed by atoms with Gasteiger partial charge in [-0.25, -0.2) is 13.2 Å². The Morgan fingerprint density at radius 1 is 1.00 bits per heavy atom. The lowest BCUT2D eigenvalue weighted by atomic mass is 10.1. The molecule has 1 aliphatic rings. The van der Waals surface area contributed by atoms with Gasteiger partial charge in [0.25, 0.3) is 0 Å². The minimum Gasteiger partial charge on any atom is -0.491 e. The Morgan fingerprint density at radius 2 is 1.66 bits per heavy atom. The molecule has 1 heterocycles. The number of ketones is 1. The molecule has 0 aromatic heterocycles. The summed E-state index contributed by atoms with van der Waals surface area (Å²) in [6, 6.07) is 11.6. The van der Waals surface area contributed by atoms with Crippen molar-refractivity contribution in [2.75, 3.05) is 39.3 Å². The van der Waals surface area contributed by atoms with Crippen LogP contribution in [0.1, 0.15) is 28.4 Å². The van der Waals surface area contributed by atoms with Gasteiger partial charge in [0.15, 0.2) is 5.78 Å². The summed E-state index contributed by atoms with van der Waals surface area (Å²) in [6.45, 7) is 7.16. The predicted octanol–water partition coefficient (Wildman–Crippen LogP) is 2.60. The fourth-order valence-electron chi connectivity index (χ4n) is 3.53. The van der Waals surface area contributed by atoms with E-state index in [4.69, 9.17) is 4.74 Å². The minimum atomic E-state index is -3.67. The third-order valence-corrected chi connectivity index (χ3v) is 7.30. The maximum atomic E-state index is 12.8. The second-order valence-electron chi connectivity index (χ2n) is 7.82. The van der Waals surface area contributed by atoms with E-state index in [0.717, 1.165) is 16.9 Å². The molecular weight excluding hydrogens is 430 g/mol. The smallest absolute Gasteiger partial charge is 0.317 e. The first-order valence-corrected chi connectivity index (χ1v) is 12.0. The summed E-state index contributed by atoms with van der Waals surface area (Å²) in [7, 11) is -3.67. The monoisotopic (exact) mass is 459 g/mol. The van der Waals surface area contributed by atoms with Crippen molar-refractivity contribution in [1.82, 2.24) is 14.5 Å². The normalized spacial score (nSPS) is 14.8. The number of hydrogen-bond acceptors (Lipinski definition) is 5. The van der Waals surface area contributed by atoms with E-state index in [-0.39, 0.29) is 29.8 Å². The lowest BCUT2D eigenvalue weighted by molar-refractivity contribution is 0.101. The summed E-state index contributed by atoms with van der Waals surface area (Å²) in [5.74, 6) is 0.674. The number of nitrogens with zero attached hydrogens (tertiary/aromatic N) is 2. The van der Waals surface area contributed by atoms with E-state index < -0.39 is 10.0 Å². The predicted molar refractivity (Wildman–Crippen MR) is 122 cm³/mol. The number of piperazine rings is 1. The summed E-state index contributed by atoms with van der Waals surface area (Å²) in [5, 5.41) is 2.82. The summed E-state index contributed by atoms with van der Waals surface area (Å²) in [5.41, 5.74) is 2.67. The van der Waals surface area contributed by atoms with E-state index in [1.165, 1.54) is 35.5 Å². The maximum Gasteiger partial charge on any atom is 0.317 e. The van der Waals surface area contributed by atoms with Crippen molar-refractivity contribution in [3.63, 3.8) is 0 Å². The van der Waals surface area contributed by atoms with Crippen molar-refractivity contribution in [2.24, 2.45) is 0 Å². The molecule has 2 aromatic carbocycles. The van der Waals surface area contributed by atoms with Crippen molar-refractivity contribution in [3.8, 4) is 5.75 Å². The molecule has 172 valence electrons. The number of benzene rings is 2. The van der Waals surface area contributed by atoms with Crippen LogP contribution in [0.3, 0.4) is 0 Å². The Morgan fingerprint density at radius 3 is 2.25 bits per heavy atom. The molecule has 0 radical (unpaired) electrons. The molecule has 32 heavy (non-hydrogen) atoms. The Hall–Kier alpha value is -2.91. The third-order valence-electron chi connectivity index (χ3n) is 5.39. The van der Waals surface area contributed by atoms with Gasteiger partial charge >= 0.3 is 6.03 Å². The first-order valence-electron chi connectivity index (χ1n) is 10.5. The number of carbonyl (C=O) groups is 2. The molecule has 0 saturated carbocycles. The van der Waals surface area contributed by atoms with Crippen LogP contribution in [-0.4, -0.2) is 68.8 Å². The van der Waals surface area contributed by atoms with Crippen molar-refractivity contribution in [3.05, 3.63) is 59.2 Å². The molecule has 0 unspecified atom stereocenters. The Balaban J connectivity index is 1.46. The number of urea groups is 1. The quantitative estimate of drug-likeness (QED) is 0.507. The number of carbonyl (C=O) groups excluding carboxylic acids is 2.